The van der Waals surface area contributed by atoms with Crippen LogP contribution < -0.4 is 5.32 Å². The van der Waals surface area contributed by atoms with Gasteiger partial charge in [-0.15, -0.1) is 12.4 Å². The average Bonchev–Trinajstić information content (AvgIpc) is 2.40. The largest absolute Gasteiger partial charge is 0.394 e. The van der Waals surface area contributed by atoms with Crippen molar-refractivity contribution < 1.29 is 5.11 Å². The minimum atomic E-state index is 0. The Morgan fingerprint density at radius 3 is 2.36 bits per heavy atom. The van der Waals surface area contributed by atoms with Gasteiger partial charge >= 0.3 is 0 Å². The molecule has 2 nitrogen and oxygen atoms in total. The van der Waals surface area contributed by atoms with Crippen molar-refractivity contribution >= 4 is 12.4 Å². The average molecular weight is 178 g/mol. The molecular formula is C8H16ClNO. The van der Waals surface area contributed by atoms with Gasteiger partial charge in [-0.1, -0.05) is 6.92 Å². The van der Waals surface area contributed by atoms with Gasteiger partial charge in [0.2, 0.25) is 0 Å². The summed E-state index contributed by atoms with van der Waals surface area (Å²) in [6.07, 6.45) is 3.67. The zero-order chi connectivity index (χ0) is 7.24. The third kappa shape index (κ3) is 1.08. The molecule has 2 saturated heterocycles. The second-order valence-electron chi connectivity index (χ2n) is 4.00. The van der Waals surface area contributed by atoms with Gasteiger partial charge in [0, 0.05) is 12.1 Å². The van der Waals surface area contributed by atoms with E-state index in [9.17, 15) is 0 Å². The number of rotatable bonds is 2. The molecule has 1 saturated carbocycles. The van der Waals surface area contributed by atoms with E-state index < -0.39 is 0 Å². The fraction of sp³-hybridized carbons (Fsp3) is 1.00. The van der Waals surface area contributed by atoms with Crippen molar-refractivity contribution in [3.63, 3.8) is 0 Å². The minimum Gasteiger partial charge on any atom is -0.394 e. The van der Waals surface area contributed by atoms with Crippen LogP contribution in [0, 0.1) is 5.41 Å². The molecule has 2 heterocycles. The lowest BCUT2D eigenvalue weighted by Crippen LogP contribution is -2.50. The molecule has 0 spiro atoms. The van der Waals surface area contributed by atoms with Crippen molar-refractivity contribution in [3.05, 3.63) is 0 Å². The summed E-state index contributed by atoms with van der Waals surface area (Å²) in [5.74, 6) is 0. The molecule has 2 aliphatic heterocycles. The monoisotopic (exact) mass is 177 g/mol. The Hall–Kier alpha value is 0.210. The fourth-order valence-electron chi connectivity index (χ4n) is 2.55. The number of halogens is 1. The molecule has 11 heavy (non-hydrogen) atoms. The van der Waals surface area contributed by atoms with Crippen molar-refractivity contribution in [2.24, 2.45) is 5.41 Å². The molecule has 3 fully saturated rings. The van der Waals surface area contributed by atoms with E-state index in [0.29, 0.717) is 12.0 Å². The molecule has 2 bridgehead atoms. The number of nitrogens with one attached hydrogen (secondary N) is 1. The van der Waals surface area contributed by atoms with E-state index in [2.05, 4.69) is 12.2 Å². The molecule has 0 unspecified atom stereocenters. The second kappa shape index (κ2) is 2.61. The predicted molar refractivity (Wildman–Crippen MR) is 47.0 cm³/mol. The fourth-order valence-corrected chi connectivity index (χ4v) is 2.55. The van der Waals surface area contributed by atoms with Gasteiger partial charge in [0.1, 0.15) is 0 Å². The highest BCUT2D eigenvalue weighted by Gasteiger charge is 2.58. The van der Waals surface area contributed by atoms with Gasteiger partial charge < -0.3 is 10.4 Å². The maximum Gasteiger partial charge on any atom is 0.0613 e. The lowest BCUT2D eigenvalue weighted by Gasteiger charge is -2.44. The van der Waals surface area contributed by atoms with Gasteiger partial charge in [0.25, 0.3) is 0 Å². The SMILES string of the molecule is CCC12CNC(CO)(C1)C2.Cl. The molecule has 0 aromatic rings. The quantitative estimate of drug-likeness (QED) is 0.658. The van der Waals surface area contributed by atoms with Gasteiger partial charge in [-0.05, 0) is 24.7 Å². The molecule has 0 aromatic heterocycles. The summed E-state index contributed by atoms with van der Waals surface area (Å²) < 4.78 is 0. The highest BCUT2D eigenvalue weighted by Crippen LogP contribution is 2.55. The summed E-state index contributed by atoms with van der Waals surface area (Å²) >= 11 is 0. The van der Waals surface area contributed by atoms with Crippen LogP contribution in [-0.4, -0.2) is 23.8 Å². The first kappa shape index (κ1) is 9.30. The highest BCUT2D eigenvalue weighted by molar-refractivity contribution is 5.85. The molecule has 3 aliphatic rings. The Labute approximate surface area is 73.8 Å². The van der Waals surface area contributed by atoms with Crippen LogP contribution in [0.4, 0.5) is 0 Å². The van der Waals surface area contributed by atoms with Crippen molar-refractivity contribution in [1.82, 2.24) is 5.32 Å². The molecular weight excluding hydrogens is 162 g/mol. The van der Waals surface area contributed by atoms with Gasteiger partial charge in [0.05, 0.1) is 6.61 Å². The number of hydrogen-bond donors (Lipinski definition) is 2. The van der Waals surface area contributed by atoms with Crippen LogP contribution in [0.2, 0.25) is 0 Å². The topological polar surface area (TPSA) is 32.3 Å². The summed E-state index contributed by atoms with van der Waals surface area (Å²) in [4.78, 5) is 0. The molecule has 3 rings (SSSR count). The van der Waals surface area contributed by atoms with E-state index in [1.807, 2.05) is 0 Å². The minimum absolute atomic E-state index is 0. The van der Waals surface area contributed by atoms with Gasteiger partial charge in [-0.3, -0.25) is 0 Å². The van der Waals surface area contributed by atoms with Crippen LogP contribution in [-0.2, 0) is 0 Å². The number of aliphatic hydroxyl groups excluding tert-OH is 1. The second-order valence-corrected chi connectivity index (χ2v) is 4.00. The lowest BCUT2D eigenvalue weighted by atomic mass is 9.61. The van der Waals surface area contributed by atoms with E-state index in [-0.39, 0.29) is 17.9 Å². The maximum absolute atomic E-state index is 9.01. The van der Waals surface area contributed by atoms with Crippen LogP contribution >= 0.6 is 12.4 Å². The zero-order valence-electron chi connectivity index (χ0n) is 6.89. The summed E-state index contributed by atoms with van der Waals surface area (Å²) in [7, 11) is 0. The zero-order valence-corrected chi connectivity index (χ0v) is 7.71. The Bertz CT molecular complexity index is 138. The molecule has 0 amide bonds. The first-order valence-electron chi connectivity index (χ1n) is 4.10. The van der Waals surface area contributed by atoms with Gasteiger partial charge in [0.15, 0.2) is 0 Å². The number of fused-ring (bicyclic) bond motifs is 1. The first-order chi connectivity index (χ1) is 4.74. The van der Waals surface area contributed by atoms with E-state index in [1.54, 1.807) is 0 Å². The van der Waals surface area contributed by atoms with E-state index in [4.69, 9.17) is 5.11 Å². The number of aliphatic hydroxyl groups is 1. The summed E-state index contributed by atoms with van der Waals surface area (Å²) in [6, 6.07) is 0. The molecule has 0 atom stereocenters. The molecule has 3 heteroatoms. The van der Waals surface area contributed by atoms with Gasteiger partial charge in [-0.25, -0.2) is 0 Å². The van der Waals surface area contributed by atoms with E-state index in [0.717, 1.165) is 6.54 Å². The number of hydrogen-bond acceptors (Lipinski definition) is 2. The summed E-state index contributed by atoms with van der Waals surface area (Å²) in [6.45, 7) is 3.70. The van der Waals surface area contributed by atoms with Crippen LogP contribution in [0.25, 0.3) is 0 Å². The lowest BCUT2D eigenvalue weighted by molar-refractivity contribution is 0.0527. The van der Waals surface area contributed by atoms with Crippen molar-refractivity contribution in [1.29, 1.82) is 0 Å². The van der Waals surface area contributed by atoms with Crippen LogP contribution in [0.15, 0.2) is 0 Å². The van der Waals surface area contributed by atoms with E-state index in [1.165, 1.54) is 19.3 Å². The third-order valence-electron chi connectivity index (χ3n) is 3.32. The normalized spacial score (nSPS) is 46.4. The summed E-state index contributed by atoms with van der Waals surface area (Å²) in [5.41, 5.74) is 0.721. The predicted octanol–water partition coefficient (Wildman–Crippen LogP) is 0.933. The molecule has 66 valence electrons. The molecule has 1 aliphatic carbocycles. The van der Waals surface area contributed by atoms with Crippen LogP contribution in [0.5, 0.6) is 0 Å². The van der Waals surface area contributed by atoms with Crippen LogP contribution in [0.3, 0.4) is 0 Å². The van der Waals surface area contributed by atoms with E-state index >= 15 is 0 Å². The first-order valence-corrected chi connectivity index (χ1v) is 4.10. The summed E-state index contributed by atoms with van der Waals surface area (Å²) in [5, 5.41) is 12.4. The van der Waals surface area contributed by atoms with Crippen molar-refractivity contribution in [2.45, 2.75) is 31.7 Å². The van der Waals surface area contributed by atoms with Crippen molar-refractivity contribution in [3.8, 4) is 0 Å². The molecule has 0 aromatic carbocycles. The molecule has 0 radical (unpaired) electrons. The third-order valence-corrected chi connectivity index (χ3v) is 3.32. The van der Waals surface area contributed by atoms with Crippen LogP contribution in [0.1, 0.15) is 26.2 Å². The Morgan fingerprint density at radius 1 is 1.45 bits per heavy atom. The Kier molecular flexibility index (Phi) is 2.21. The maximum atomic E-state index is 9.01. The van der Waals surface area contributed by atoms with Crippen molar-refractivity contribution in [2.75, 3.05) is 13.2 Å². The van der Waals surface area contributed by atoms with Gasteiger partial charge in [-0.2, -0.15) is 0 Å². The highest BCUT2D eigenvalue weighted by atomic mass is 35.5. The molecule has 2 N–H and O–H groups in total. The smallest absolute Gasteiger partial charge is 0.0613 e. The Balaban J connectivity index is 0.000000605. The Morgan fingerprint density at radius 2 is 2.09 bits per heavy atom. The standard InChI is InChI=1S/C8H15NO.ClH/c1-2-7-3-8(4-7,6-10)9-5-7;/h9-10H,2-6H2,1H3;1H.